The number of benzene rings is 2. The van der Waals surface area contributed by atoms with Crippen molar-refractivity contribution in [2.75, 3.05) is 37.0 Å². The second-order valence-electron chi connectivity index (χ2n) is 6.57. The van der Waals surface area contributed by atoms with E-state index in [2.05, 4.69) is 20.7 Å². The SMILES string of the molecule is COc1ccc(NCC(=O)N/N=C\c2cc([N+](=O)[O-])ccc2N2CCCC2)cc1. The van der Waals surface area contributed by atoms with E-state index in [4.69, 9.17) is 4.74 Å². The molecule has 1 fully saturated rings. The first-order valence-electron chi connectivity index (χ1n) is 9.30. The van der Waals surface area contributed by atoms with Crippen LogP contribution in [0.2, 0.25) is 0 Å². The number of carbonyl (C=O) groups is 1. The van der Waals surface area contributed by atoms with Gasteiger partial charge in [-0.05, 0) is 43.2 Å². The zero-order valence-corrected chi connectivity index (χ0v) is 16.1. The Morgan fingerprint density at radius 2 is 1.97 bits per heavy atom. The van der Waals surface area contributed by atoms with E-state index in [0.717, 1.165) is 43.1 Å². The highest BCUT2D eigenvalue weighted by atomic mass is 16.6. The Morgan fingerprint density at radius 1 is 1.24 bits per heavy atom. The fourth-order valence-corrected chi connectivity index (χ4v) is 3.11. The number of amides is 1. The zero-order valence-electron chi connectivity index (χ0n) is 16.1. The van der Waals surface area contributed by atoms with Gasteiger partial charge >= 0.3 is 0 Å². The average molecular weight is 397 g/mol. The van der Waals surface area contributed by atoms with Crippen molar-refractivity contribution in [1.82, 2.24) is 5.43 Å². The van der Waals surface area contributed by atoms with Gasteiger partial charge < -0.3 is 15.0 Å². The fraction of sp³-hybridized carbons (Fsp3) is 0.300. The maximum atomic E-state index is 12.0. The molecule has 0 saturated carbocycles. The van der Waals surface area contributed by atoms with Crippen LogP contribution in [0.3, 0.4) is 0 Å². The monoisotopic (exact) mass is 397 g/mol. The summed E-state index contributed by atoms with van der Waals surface area (Å²) in [5.41, 5.74) is 4.69. The second kappa shape index (κ2) is 9.54. The van der Waals surface area contributed by atoms with Crippen LogP contribution in [-0.4, -0.2) is 43.8 Å². The summed E-state index contributed by atoms with van der Waals surface area (Å²) in [4.78, 5) is 24.8. The highest BCUT2D eigenvalue weighted by Crippen LogP contribution is 2.27. The van der Waals surface area contributed by atoms with Crippen LogP contribution in [0.15, 0.2) is 47.6 Å². The van der Waals surface area contributed by atoms with Gasteiger partial charge in [0.2, 0.25) is 0 Å². The topological polar surface area (TPSA) is 109 Å². The molecule has 1 aliphatic rings. The summed E-state index contributed by atoms with van der Waals surface area (Å²) in [5, 5.41) is 18.1. The zero-order chi connectivity index (χ0) is 20.6. The third-order valence-corrected chi connectivity index (χ3v) is 4.60. The molecule has 0 unspecified atom stereocenters. The number of rotatable bonds is 8. The van der Waals surface area contributed by atoms with Gasteiger partial charge in [0, 0.05) is 42.2 Å². The number of nitrogens with one attached hydrogen (secondary N) is 2. The van der Waals surface area contributed by atoms with Crippen molar-refractivity contribution in [1.29, 1.82) is 0 Å². The minimum atomic E-state index is -0.442. The summed E-state index contributed by atoms with van der Waals surface area (Å²) >= 11 is 0. The van der Waals surface area contributed by atoms with Gasteiger partial charge in [0.1, 0.15) is 5.75 Å². The van der Waals surface area contributed by atoms with Gasteiger partial charge in [-0.2, -0.15) is 5.10 Å². The molecule has 3 rings (SSSR count). The summed E-state index contributed by atoms with van der Waals surface area (Å²) in [6.45, 7) is 1.84. The van der Waals surface area contributed by atoms with Gasteiger partial charge in [-0.25, -0.2) is 5.43 Å². The van der Waals surface area contributed by atoms with Crippen LogP contribution in [0, 0.1) is 10.1 Å². The van der Waals surface area contributed by atoms with Gasteiger partial charge in [-0.3, -0.25) is 14.9 Å². The van der Waals surface area contributed by atoms with Crippen LogP contribution < -0.4 is 20.4 Å². The Hall–Kier alpha value is -3.62. The number of nitro groups is 1. The number of methoxy groups -OCH3 is 1. The molecule has 9 heteroatoms. The third-order valence-electron chi connectivity index (χ3n) is 4.60. The van der Waals surface area contributed by atoms with Crippen molar-refractivity contribution in [3.8, 4) is 5.75 Å². The number of ether oxygens (including phenoxy) is 1. The first-order chi connectivity index (χ1) is 14.1. The van der Waals surface area contributed by atoms with Gasteiger partial charge in [0.25, 0.3) is 11.6 Å². The van der Waals surface area contributed by atoms with E-state index in [1.54, 1.807) is 37.4 Å². The molecule has 1 heterocycles. The van der Waals surface area contributed by atoms with Crippen LogP contribution in [0.25, 0.3) is 0 Å². The standard InChI is InChI=1S/C20H23N5O4/c1-29-18-7-4-16(5-8-18)21-14-20(26)23-22-13-15-12-17(25(27)28)6-9-19(15)24-10-2-3-11-24/h4-9,12-13,21H,2-3,10-11,14H2,1H3,(H,23,26)/b22-13-. The predicted octanol–water partition coefficient (Wildman–Crippen LogP) is 2.77. The molecule has 1 aliphatic heterocycles. The molecular weight excluding hydrogens is 374 g/mol. The molecule has 0 spiro atoms. The van der Waals surface area contributed by atoms with E-state index in [9.17, 15) is 14.9 Å². The van der Waals surface area contributed by atoms with Crippen LogP contribution in [0.1, 0.15) is 18.4 Å². The van der Waals surface area contributed by atoms with Crippen LogP contribution >= 0.6 is 0 Å². The van der Waals surface area contributed by atoms with E-state index < -0.39 is 4.92 Å². The Morgan fingerprint density at radius 3 is 2.62 bits per heavy atom. The average Bonchev–Trinajstić information content (AvgIpc) is 3.27. The Labute approximate surface area is 168 Å². The lowest BCUT2D eigenvalue weighted by Gasteiger charge is -2.19. The van der Waals surface area contributed by atoms with Gasteiger partial charge in [-0.15, -0.1) is 0 Å². The van der Waals surface area contributed by atoms with E-state index in [1.807, 2.05) is 0 Å². The maximum Gasteiger partial charge on any atom is 0.270 e. The Kier molecular flexibility index (Phi) is 6.62. The van der Waals surface area contributed by atoms with Crippen molar-refractivity contribution < 1.29 is 14.5 Å². The first-order valence-corrected chi connectivity index (χ1v) is 9.30. The molecule has 2 aromatic carbocycles. The number of carbonyl (C=O) groups excluding carboxylic acids is 1. The molecule has 0 bridgehead atoms. The van der Waals surface area contributed by atoms with E-state index in [0.29, 0.717) is 5.56 Å². The Balaban J connectivity index is 1.61. The van der Waals surface area contributed by atoms with E-state index in [-0.39, 0.29) is 18.1 Å². The number of hydrogen-bond acceptors (Lipinski definition) is 7. The quantitative estimate of drug-likeness (QED) is 0.403. The van der Waals surface area contributed by atoms with Crippen molar-refractivity contribution in [2.24, 2.45) is 5.10 Å². The minimum absolute atomic E-state index is 0.0121. The van der Waals surface area contributed by atoms with E-state index in [1.165, 1.54) is 18.3 Å². The normalized spacial score (nSPS) is 13.5. The predicted molar refractivity (Wildman–Crippen MR) is 112 cm³/mol. The molecule has 2 N–H and O–H groups in total. The summed E-state index contributed by atoms with van der Waals surface area (Å²) in [5.74, 6) is 0.403. The van der Waals surface area contributed by atoms with Gasteiger partial charge in [0.15, 0.2) is 0 Å². The van der Waals surface area contributed by atoms with Crippen molar-refractivity contribution in [3.63, 3.8) is 0 Å². The van der Waals surface area contributed by atoms with Crippen molar-refractivity contribution >= 4 is 29.2 Å². The smallest absolute Gasteiger partial charge is 0.270 e. The fourth-order valence-electron chi connectivity index (χ4n) is 3.11. The number of non-ortho nitro benzene ring substituents is 1. The highest BCUT2D eigenvalue weighted by Gasteiger charge is 2.17. The summed E-state index contributed by atoms with van der Waals surface area (Å²) in [6.07, 6.45) is 3.62. The first kappa shape index (κ1) is 20.1. The van der Waals surface area contributed by atoms with Crippen LogP contribution in [0.5, 0.6) is 5.75 Å². The summed E-state index contributed by atoms with van der Waals surface area (Å²) < 4.78 is 5.09. The molecule has 2 aromatic rings. The lowest BCUT2D eigenvalue weighted by atomic mass is 10.1. The molecular formula is C20H23N5O4. The summed E-state index contributed by atoms with van der Waals surface area (Å²) in [7, 11) is 1.59. The van der Waals surface area contributed by atoms with E-state index >= 15 is 0 Å². The molecule has 152 valence electrons. The molecule has 0 atom stereocenters. The lowest BCUT2D eigenvalue weighted by Crippen LogP contribution is -2.26. The summed E-state index contributed by atoms with van der Waals surface area (Å²) in [6, 6.07) is 11.9. The number of hydrazone groups is 1. The molecule has 0 aromatic heterocycles. The van der Waals surface area contributed by atoms with Crippen molar-refractivity contribution in [2.45, 2.75) is 12.8 Å². The lowest BCUT2D eigenvalue weighted by molar-refractivity contribution is -0.384. The second-order valence-corrected chi connectivity index (χ2v) is 6.57. The van der Waals surface area contributed by atoms with Crippen molar-refractivity contribution in [3.05, 3.63) is 58.1 Å². The minimum Gasteiger partial charge on any atom is -0.497 e. The maximum absolute atomic E-state index is 12.0. The largest absolute Gasteiger partial charge is 0.497 e. The van der Waals surface area contributed by atoms with Gasteiger partial charge in [-0.1, -0.05) is 0 Å². The number of hydrogen-bond donors (Lipinski definition) is 2. The molecule has 0 radical (unpaired) electrons. The van der Waals surface area contributed by atoms with Gasteiger partial charge in [0.05, 0.1) is 24.8 Å². The Bertz CT molecular complexity index is 892. The number of nitro benzene ring substituents is 1. The highest BCUT2D eigenvalue weighted by molar-refractivity contribution is 5.90. The number of nitrogens with zero attached hydrogens (tertiary/aromatic N) is 3. The molecule has 9 nitrogen and oxygen atoms in total. The molecule has 1 amide bonds. The molecule has 1 saturated heterocycles. The number of anilines is 2. The molecule has 0 aliphatic carbocycles. The van der Waals surface area contributed by atoms with Crippen LogP contribution in [0.4, 0.5) is 17.1 Å². The third kappa shape index (κ3) is 5.44. The van der Waals surface area contributed by atoms with Crippen LogP contribution in [-0.2, 0) is 4.79 Å². The molecule has 29 heavy (non-hydrogen) atoms.